The van der Waals surface area contributed by atoms with Gasteiger partial charge in [-0.1, -0.05) is 11.8 Å². The first-order valence-corrected chi connectivity index (χ1v) is 6.30. The molecule has 0 saturated carbocycles. The van der Waals surface area contributed by atoms with Crippen molar-refractivity contribution in [2.75, 3.05) is 0 Å². The Kier molecular flexibility index (Phi) is 3.80. The zero-order valence-corrected chi connectivity index (χ0v) is 11.2. The van der Waals surface area contributed by atoms with Crippen LogP contribution in [0.4, 0.5) is 4.39 Å². The zero-order valence-electron chi connectivity index (χ0n) is 10.3. The molecule has 0 bridgehead atoms. The van der Waals surface area contributed by atoms with Gasteiger partial charge in [0.25, 0.3) is 0 Å². The van der Waals surface area contributed by atoms with Crippen molar-refractivity contribution in [1.82, 2.24) is 9.97 Å². The second-order valence-electron chi connectivity index (χ2n) is 3.95. The van der Waals surface area contributed by atoms with E-state index in [2.05, 4.69) is 9.97 Å². The van der Waals surface area contributed by atoms with Crippen molar-refractivity contribution in [3.05, 3.63) is 47.2 Å². The minimum absolute atomic E-state index is 0.0476. The van der Waals surface area contributed by atoms with Crippen LogP contribution in [0.3, 0.4) is 0 Å². The molecule has 98 valence electrons. The number of carboxylic acid groups (broad SMARTS) is 1. The van der Waals surface area contributed by atoms with Gasteiger partial charge in [-0.15, -0.1) is 0 Å². The number of aromatic carboxylic acids is 1. The van der Waals surface area contributed by atoms with Crippen LogP contribution in [0.1, 0.15) is 21.9 Å². The number of benzene rings is 1. The summed E-state index contributed by atoms with van der Waals surface area (Å²) < 4.78 is 13.7. The molecule has 0 atom stereocenters. The van der Waals surface area contributed by atoms with Gasteiger partial charge < -0.3 is 5.11 Å². The monoisotopic (exact) mass is 278 g/mol. The predicted molar refractivity (Wildman–Crippen MR) is 69.0 cm³/mol. The molecule has 6 heteroatoms. The van der Waals surface area contributed by atoms with Gasteiger partial charge in [0.2, 0.25) is 0 Å². The summed E-state index contributed by atoms with van der Waals surface area (Å²) in [6.07, 6.45) is 0. The van der Waals surface area contributed by atoms with Gasteiger partial charge in [0, 0.05) is 5.69 Å². The topological polar surface area (TPSA) is 63.1 Å². The molecule has 0 aliphatic rings. The van der Waals surface area contributed by atoms with Crippen LogP contribution in [0.2, 0.25) is 0 Å². The molecule has 0 saturated heterocycles. The molecular weight excluding hydrogens is 267 g/mol. The number of hydrogen-bond donors (Lipinski definition) is 1. The van der Waals surface area contributed by atoms with E-state index in [-0.39, 0.29) is 10.5 Å². The van der Waals surface area contributed by atoms with Crippen LogP contribution in [-0.2, 0) is 0 Å². The Morgan fingerprint density at radius 2 is 2.00 bits per heavy atom. The third-order valence-corrected chi connectivity index (χ3v) is 3.29. The highest BCUT2D eigenvalue weighted by Crippen LogP contribution is 2.29. The van der Waals surface area contributed by atoms with Crippen LogP contribution in [0.15, 0.2) is 34.2 Å². The molecule has 1 aromatic heterocycles. The van der Waals surface area contributed by atoms with Crippen LogP contribution < -0.4 is 0 Å². The average molecular weight is 278 g/mol. The fourth-order valence-corrected chi connectivity index (χ4v) is 2.55. The summed E-state index contributed by atoms with van der Waals surface area (Å²) in [7, 11) is 0. The van der Waals surface area contributed by atoms with Crippen molar-refractivity contribution < 1.29 is 14.3 Å². The van der Waals surface area contributed by atoms with Crippen LogP contribution in [0.5, 0.6) is 0 Å². The fraction of sp³-hybridized carbons (Fsp3) is 0.154. The van der Waals surface area contributed by atoms with Crippen LogP contribution >= 0.6 is 11.8 Å². The lowest BCUT2D eigenvalue weighted by molar-refractivity contribution is 0.0696. The van der Waals surface area contributed by atoms with Gasteiger partial charge in [-0.2, -0.15) is 0 Å². The SMILES string of the molecule is Cc1cc(Sc2cc(C(=O)O)ccc2F)nc(C)n1. The van der Waals surface area contributed by atoms with Crippen LogP contribution in [0.25, 0.3) is 0 Å². The largest absolute Gasteiger partial charge is 0.478 e. The lowest BCUT2D eigenvalue weighted by atomic mass is 10.2. The van der Waals surface area contributed by atoms with Crippen molar-refractivity contribution in [3.63, 3.8) is 0 Å². The third-order valence-electron chi connectivity index (χ3n) is 2.34. The van der Waals surface area contributed by atoms with E-state index in [1.807, 2.05) is 6.92 Å². The first kappa shape index (κ1) is 13.5. The number of aryl methyl sites for hydroxylation is 2. The molecule has 19 heavy (non-hydrogen) atoms. The number of rotatable bonds is 3. The van der Waals surface area contributed by atoms with Gasteiger partial charge in [0.05, 0.1) is 10.5 Å². The van der Waals surface area contributed by atoms with E-state index in [0.29, 0.717) is 10.9 Å². The fourth-order valence-electron chi connectivity index (χ4n) is 1.56. The van der Waals surface area contributed by atoms with E-state index in [1.165, 1.54) is 12.1 Å². The Balaban J connectivity index is 2.37. The van der Waals surface area contributed by atoms with Crippen LogP contribution in [0, 0.1) is 19.7 Å². The van der Waals surface area contributed by atoms with Crippen molar-refractivity contribution in [2.45, 2.75) is 23.8 Å². The van der Waals surface area contributed by atoms with Gasteiger partial charge in [-0.3, -0.25) is 0 Å². The molecule has 0 aliphatic heterocycles. The number of aromatic nitrogens is 2. The Morgan fingerprint density at radius 3 is 2.63 bits per heavy atom. The number of hydrogen-bond acceptors (Lipinski definition) is 4. The number of carboxylic acids is 1. The average Bonchev–Trinajstić information content (AvgIpc) is 2.30. The van der Waals surface area contributed by atoms with Crippen molar-refractivity contribution in [2.24, 2.45) is 0 Å². The summed E-state index contributed by atoms with van der Waals surface area (Å²) in [6.45, 7) is 3.57. The highest BCUT2D eigenvalue weighted by molar-refractivity contribution is 7.99. The standard InChI is InChI=1S/C13H11FN2O2S/c1-7-5-12(16-8(2)15-7)19-11-6-9(13(17)18)3-4-10(11)14/h3-6H,1-2H3,(H,17,18). The van der Waals surface area contributed by atoms with Crippen molar-refractivity contribution in [1.29, 1.82) is 0 Å². The maximum absolute atomic E-state index is 13.7. The zero-order chi connectivity index (χ0) is 14.0. The highest BCUT2D eigenvalue weighted by Gasteiger charge is 2.11. The molecule has 2 aromatic rings. The lowest BCUT2D eigenvalue weighted by Gasteiger charge is -2.05. The third kappa shape index (κ3) is 3.29. The van der Waals surface area contributed by atoms with Crippen LogP contribution in [-0.4, -0.2) is 21.0 Å². The van der Waals surface area contributed by atoms with Gasteiger partial charge in [0.15, 0.2) is 0 Å². The molecule has 0 radical (unpaired) electrons. The normalized spacial score (nSPS) is 10.5. The van der Waals surface area contributed by atoms with Gasteiger partial charge in [-0.05, 0) is 38.1 Å². The van der Waals surface area contributed by atoms with Crippen molar-refractivity contribution >= 4 is 17.7 Å². The smallest absolute Gasteiger partial charge is 0.335 e. The summed E-state index contributed by atoms with van der Waals surface area (Å²) in [5.41, 5.74) is 0.830. The quantitative estimate of drug-likeness (QED) is 0.874. The molecule has 1 aromatic carbocycles. The summed E-state index contributed by atoms with van der Waals surface area (Å²) in [6, 6.07) is 5.41. The Labute approximate surface area is 113 Å². The lowest BCUT2D eigenvalue weighted by Crippen LogP contribution is -1.98. The number of carbonyl (C=O) groups is 1. The molecule has 0 unspecified atom stereocenters. The minimum atomic E-state index is -1.09. The van der Waals surface area contributed by atoms with E-state index < -0.39 is 11.8 Å². The molecule has 0 aliphatic carbocycles. The predicted octanol–water partition coefficient (Wildman–Crippen LogP) is 3.08. The van der Waals surface area contributed by atoms with E-state index in [4.69, 9.17) is 5.11 Å². The maximum atomic E-state index is 13.7. The highest BCUT2D eigenvalue weighted by atomic mass is 32.2. The van der Waals surface area contributed by atoms with Gasteiger partial charge in [-0.25, -0.2) is 19.2 Å². The molecule has 1 N–H and O–H groups in total. The van der Waals surface area contributed by atoms with E-state index in [0.717, 1.165) is 23.5 Å². The van der Waals surface area contributed by atoms with Gasteiger partial charge >= 0.3 is 5.97 Å². The Hall–Kier alpha value is -1.95. The molecule has 1 heterocycles. The Morgan fingerprint density at radius 1 is 1.26 bits per heavy atom. The van der Waals surface area contributed by atoms with Crippen molar-refractivity contribution in [3.8, 4) is 0 Å². The molecule has 2 rings (SSSR count). The molecular formula is C13H11FN2O2S. The first-order valence-electron chi connectivity index (χ1n) is 5.48. The second-order valence-corrected chi connectivity index (χ2v) is 5.01. The maximum Gasteiger partial charge on any atom is 0.335 e. The van der Waals surface area contributed by atoms with E-state index >= 15 is 0 Å². The molecule has 4 nitrogen and oxygen atoms in total. The minimum Gasteiger partial charge on any atom is -0.478 e. The van der Waals surface area contributed by atoms with E-state index in [9.17, 15) is 9.18 Å². The first-order chi connectivity index (χ1) is 8.95. The summed E-state index contributed by atoms with van der Waals surface area (Å²) in [5, 5.41) is 9.49. The Bertz CT molecular complexity index is 626. The summed E-state index contributed by atoms with van der Waals surface area (Å²) >= 11 is 1.08. The number of nitrogens with zero attached hydrogens (tertiary/aromatic N) is 2. The van der Waals surface area contributed by atoms with Gasteiger partial charge in [0.1, 0.15) is 16.7 Å². The number of halogens is 1. The molecule has 0 spiro atoms. The summed E-state index contributed by atoms with van der Waals surface area (Å²) in [5.74, 6) is -0.960. The summed E-state index contributed by atoms with van der Waals surface area (Å²) in [4.78, 5) is 19.4. The molecule has 0 fully saturated rings. The molecule has 0 amide bonds. The second kappa shape index (κ2) is 5.36. The van der Waals surface area contributed by atoms with E-state index in [1.54, 1.807) is 13.0 Å².